The van der Waals surface area contributed by atoms with Crippen molar-refractivity contribution in [2.24, 2.45) is 0 Å². The lowest BCUT2D eigenvalue weighted by Crippen LogP contribution is -2.28. The van der Waals surface area contributed by atoms with Crippen LogP contribution in [0.5, 0.6) is 11.5 Å². The molecule has 3 aromatic rings. The Morgan fingerprint density at radius 3 is 2.27 bits per heavy atom. The predicted octanol–water partition coefficient (Wildman–Crippen LogP) is 4.79. The minimum absolute atomic E-state index is 0.0206. The molecular formula is C23H22N2O4S. The van der Waals surface area contributed by atoms with Crippen LogP contribution in [-0.2, 0) is 10.0 Å². The van der Waals surface area contributed by atoms with Gasteiger partial charge in [-0.05, 0) is 67.8 Å². The third-order valence-electron chi connectivity index (χ3n) is 5.21. The number of nitrogens with zero attached hydrogens (tertiary/aromatic N) is 1. The minimum Gasteiger partial charge on any atom is -0.454 e. The zero-order valence-corrected chi connectivity index (χ0v) is 18.0. The molecule has 154 valence electrons. The fraction of sp³-hybridized carbons (Fsp3) is 0.174. The summed E-state index contributed by atoms with van der Waals surface area (Å²) in [6, 6.07) is 15.4. The highest BCUT2D eigenvalue weighted by Gasteiger charge is 2.28. The van der Waals surface area contributed by atoms with Crippen molar-refractivity contribution in [3.05, 3.63) is 76.9 Å². The van der Waals surface area contributed by atoms with Crippen molar-refractivity contribution in [2.45, 2.75) is 25.7 Å². The molecule has 1 aliphatic heterocycles. The summed E-state index contributed by atoms with van der Waals surface area (Å²) < 4.78 is 33.8. The summed E-state index contributed by atoms with van der Waals surface area (Å²) in [5.74, 6) is 0.404. The van der Waals surface area contributed by atoms with Crippen molar-refractivity contribution in [1.82, 2.24) is 0 Å². The van der Waals surface area contributed by atoms with E-state index >= 15 is 0 Å². The standard InChI is InChI=1S/C23H22N2O4S/c1-14-8-10-21-19(12-14)24-23(26)18-13-17(9-11-20(18)29-21)30(27,28)25(4)22-15(2)6-5-7-16(22)3/h5-13H,1-4H3,(H,24,26). The molecule has 1 amide bonds. The maximum absolute atomic E-state index is 13.3. The van der Waals surface area contributed by atoms with Gasteiger partial charge in [-0.1, -0.05) is 24.3 Å². The molecule has 1 heterocycles. The molecule has 4 rings (SSSR count). The number of anilines is 2. The van der Waals surface area contributed by atoms with E-state index in [1.54, 1.807) is 6.07 Å². The molecule has 0 radical (unpaired) electrons. The van der Waals surface area contributed by atoms with Crippen LogP contribution in [0.1, 0.15) is 27.0 Å². The molecular weight excluding hydrogens is 400 g/mol. The predicted molar refractivity (Wildman–Crippen MR) is 117 cm³/mol. The third-order valence-corrected chi connectivity index (χ3v) is 6.96. The second-order valence-electron chi connectivity index (χ2n) is 7.43. The van der Waals surface area contributed by atoms with Crippen molar-refractivity contribution < 1.29 is 17.9 Å². The molecule has 0 spiro atoms. The normalized spacial score (nSPS) is 12.9. The summed E-state index contributed by atoms with van der Waals surface area (Å²) >= 11 is 0. The molecule has 0 bridgehead atoms. The number of aryl methyl sites for hydroxylation is 3. The number of para-hydroxylation sites is 1. The van der Waals surface area contributed by atoms with Gasteiger partial charge in [0.2, 0.25) is 0 Å². The Kier molecular flexibility index (Phi) is 4.78. The zero-order valence-electron chi connectivity index (χ0n) is 17.2. The molecule has 7 heteroatoms. The number of nitrogens with one attached hydrogen (secondary N) is 1. The SMILES string of the molecule is Cc1ccc2c(c1)NC(=O)c1cc(S(=O)(=O)N(C)c3c(C)cccc3C)ccc1O2. The summed E-state index contributed by atoms with van der Waals surface area (Å²) in [6.07, 6.45) is 0. The summed E-state index contributed by atoms with van der Waals surface area (Å²) in [6.45, 7) is 5.65. The number of amides is 1. The Balaban J connectivity index is 1.77. The van der Waals surface area contributed by atoms with E-state index in [-0.39, 0.29) is 10.5 Å². The van der Waals surface area contributed by atoms with E-state index in [1.807, 2.05) is 51.1 Å². The Morgan fingerprint density at radius 1 is 0.900 bits per heavy atom. The summed E-state index contributed by atoms with van der Waals surface area (Å²) in [5.41, 5.74) is 4.01. The van der Waals surface area contributed by atoms with Gasteiger partial charge in [0.1, 0.15) is 5.75 Å². The van der Waals surface area contributed by atoms with E-state index < -0.39 is 15.9 Å². The number of fused-ring (bicyclic) bond motifs is 2. The highest BCUT2D eigenvalue weighted by molar-refractivity contribution is 7.92. The first-order valence-corrected chi connectivity index (χ1v) is 10.9. The lowest BCUT2D eigenvalue weighted by atomic mass is 10.1. The van der Waals surface area contributed by atoms with Crippen LogP contribution in [0.25, 0.3) is 0 Å². The van der Waals surface area contributed by atoms with Crippen molar-refractivity contribution in [3.8, 4) is 11.5 Å². The number of hydrogen-bond donors (Lipinski definition) is 1. The number of ether oxygens (including phenoxy) is 1. The molecule has 0 saturated heterocycles. The molecule has 3 aromatic carbocycles. The second-order valence-corrected chi connectivity index (χ2v) is 9.40. The molecule has 0 atom stereocenters. The van der Waals surface area contributed by atoms with E-state index in [1.165, 1.54) is 29.6 Å². The summed E-state index contributed by atoms with van der Waals surface area (Å²) in [7, 11) is -2.36. The van der Waals surface area contributed by atoms with Gasteiger partial charge in [0.25, 0.3) is 15.9 Å². The van der Waals surface area contributed by atoms with Crippen LogP contribution < -0.4 is 14.4 Å². The van der Waals surface area contributed by atoms with Crippen LogP contribution in [0.2, 0.25) is 0 Å². The fourth-order valence-electron chi connectivity index (χ4n) is 3.66. The molecule has 0 fully saturated rings. The monoisotopic (exact) mass is 422 g/mol. The third kappa shape index (κ3) is 3.31. The number of rotatable bonds is 3. The summed E-state index contributed by atoms with van der Waals surface area (Å²) in [5, 5.41) is 2.80. The first-order valence-electron chi connectivity index (χ1n) is 9.47. The zero-order chi connectivity index (χ0) is 21.6. The topological polar surface area (TPSA) is 75.7 Å². The average molecular weight is 423 g/mol. The van der Waals surface area contributed by atoms with Gasteiger partial charge in [-0.15, -0.1) is 0 Å². The van der Waals surface area contributed by atoms with E-state index in [4.69, 9.17) is 4.74 Å². The number of benzene rings is 3. The smallest absolute Gasteiger partial charge is 0.264 e. The maximum atomic E-state index is 13.3. The van der Waals surface area contributed by atoms with Crippen LogP contribution in [-0.4, -0.2) is 21.4 Å². The number of hydrogen-bond acceptors (Lipinski definition) is 4. The minimum atomic E-state index is -3.88. The highest BCUT2D eigenvalue weighted by atomic mass is 32.2. The molecule has 30 heavy (non-hydrogen) atoms. The molecule has 0 unspecified atom stereocenters. The van der Waals surface area contributed by atoms with Crippen molar-refractivity contribution in [1.29, 1.82) is 0 Å². The van der Waals surface area contributed by atoms with Crippen LogP contribution in [0, 0.1) is 20.8 Å². The van der Waals surface area contributed by atoms with E-state index in [0.717, 1.165) is 16.7 Å². The van der Waals surface area contributed by atoms with E-state index in [0.29, 0.717) is 22.9 Å². The van der Waals surface area contributed by atoms with Crippen LogP contribution >= 0.6 is 0 Å². The summed E-state index contributed by atoms with van der Waals surface area (Å²) in [4.78, 5) is 12.8. The van der Waals surface area contributed by atoms with Gasteiger partial charge in [0.15, 0.2) is 5.75 Å². The average Bonchev–Trinajstić information content (AvgIpc) is 2.82. The molecule has 0 saturated carbocycles. The Morgan fingerprint density at radius 2 is 1.57 bits per heavy atom. The lowest BCUT2D eigenvalue weighted by Gasteiger charge is -2.23. The quantitative estimate of drug-likeness (QED) is 0.658. The van der Waals surface area contributed by atoms with Crippen LogP contribution in [0.3, 0.4) is 0 Å². The second kappa shape index (κ2) is 7.18. The number of sulfonamides is 1. The van der Waals surface area contributed by atoms with Crippen molar-refractivity contribution in [3.63, 3.8) is 0 Å². The molecule has 1 N–H and O–H groups in total. The van der Waals surface area contributed by atoms with Gasteiger partial charge in [-0.3, -0.25) is 9.10 Å². The van der Waals surface area contributed by atoms with E-state index in [2.05, 4.69) is 5.32 Å². The number of carbonyl (C=O) groups excluding carboxylic acids is 1. The Bertz CT molecular complexity index is 1260. The van der Waals surface area contributed by atoms with E-state index in [9.17, 15) is 13.2 Å². The van der Waals surface area contributed by atoms with Gasteiger partial charge >= 0.3 is 0 Å². The Hall–Kier alpha value is -3.32. The number of carbonyl (C=O) groups is 1. The highest BCUT2D eigenvalue weighted by Crippen LogP contribution is 2.38. The Labute approximate surface area is 176 Å². The van der Waals surface area contributed by atoms with Gasteiger partial charge in [-0.2, -0.15) is 0 Å². The largest absolute Gasteiger partial charge is 0.454 e. The first kappa shape index (κ1) is 20.0. The molecule has 0 aliphatic carbocycles. The maximum Gasteiger partial charge on any atom is 0.264 e. The van der Waals surface area contributed by atoms with Gasteiger partial charge in [-0.25, -0.2) is 8.42 Å². The molecule has 0 aromatic heterocycles. The van der Waals surface area contributed by atoms with Gasteiger partial charge in [0.05, 0.1) is 21.8 Å². The van der Waals surface area contributed by atoms with Crippen molar-refractivity contribution >= 4 is 27.3 Å². The first-order chi connectivity index (χ1) is 14.2. The van der Waals surface area contributed by atoms with Crippen molar-refractivity contribution in [2.75, 3.05) is 16.7 Å². The lowest BCUT2D eigenvalue weighted by molar-refractivity contribution is 0.102. The van der Waals surface area contributed by atoms with Crippen LogP contribution in [0.4, 0.5) is 11.4 Å². The van der Waals surface area contributed by atoms with Crippen LogP contribution in [0.15, 0.2) is 59.5 Å². The fourth-order valence-corrected chi connectivity index (χ4v) is 5.01. The van der Waals surface area contributed by atoms with Gasteiger partial charge in [0, 0.05) is 7.05 Å². The van der Waals surface area contributed by atoms with Gasteiger partial charge < -0.3 is 10.1 Å². The molecule has 6 nitrogen and oxygen atoms in total. The molecule has 1 aliphatic rings.